The van der Waals surface area contributed by atoms with Crippen LogP contribution in [0.5, 0.6) is 0 Å². The Morgan fingerprint density at radius 1 is 0.808 bits per heavy atom. The molecule has 18 heteroatoms. The summed E-state index contributed by atoms with van der Waals surface area (Å²) in [5, 5.41) is 2.54. The third-order valence-corrected chi connectivity index (χ3v) is 7.32. The summed E-state index contributed by atoms with van der Waals surface area (Å²) in [7, 11) is 0. The highest BCUT2D eigenvalue weighted by Gasteiger charge is 2.39. The van der Waals surface area contributed by atoms with E-state index in [9.17, 15) is 33.6 Å². The van der Waals surface area contributed by atoms with E-state index in [1.54, 1.807) is 32.9 Å². The summed E-state index contributed by atoms with van der Waals surface area (Å²) in [6.45, 7) is 12.2. The van der Waals surface area contributed by atoms with Gasteiger partial charge >= 0.3 is 35.7 Å². The molecule has 18 nitrogen and oxygen atoms in total. The van der Waals surface area contributed by atoms with Gasteiger partial charge in [0.05, 0.1) is 37.3 Å². The van der Waals surface area contributed by atoms with Crippen LogP contribution in [0, 0.1) is 13.8 Å². The predicted octanol–water partition coefficient (Wildman–Crippen LogP) is 1.57. The summed E-state index contributed by atoms with van der Waals surface area (Å²) >= 11 is 0. The molecule has 2 aliphatic heterocycles. The molecule has 1 N–H and O–H groups in total. The van der Waals surface area contributed by atoms with Crippen molar-refractivity contribution in [2.75, 3.05) is 26.4 Å². The van der Waals surface area contributed by atoms with Crippen LogP contribution in [0.1, 0.15) is 59.6 Å². The lowest BCUT2D eigenvalue weighted by Crippen LogP contribution is -2.49. The molecule has 2 heterocycles. The number of nitrogens with zero attached hydrogens (tertiary/aromatic N) is 4. The zero-order chi connectivity index (χ0) is 38.9. The molecule has 0 fully saturated rings. The van der Waals surface area contributed by atoms with Crippen LogP contribution in [0.3, 0.4) is 0 Å². The number of hydrogen-bond acceptors (Lipinski definition) is 15. The minimum atomic E-state index is -1.53. The van der Waals surface area contributed by atoms with E-state index in [4.69, 9.17) is 28.4 Å². The van der Waals surface area contributed by atoms with Crippen LogP contribution in [0.4, 0.5) is 4.79 Å². The summed E-state index contributed by atoms with van der Waals surface area (Å²) in [6.07, 6.45) is -5.02. The number of hydrogen-bond donors (Lipinski definition) is 1. The summed E-state index contributed by atoms with van der Waals surface area (Å²) in [5.74, 6) is -3.36. The van der Waals surface area contributed by atoms with Gasteiger partial charge < -0.3 is 38.3 Å². The highest BCUT2D eigenvalue weighted by Crippen LogP contribution is 2.26. The van der Waals surface area contributed by atoms with Crippen LogP contribution in [0.25, 0.3) is 22.6 Å². The van der Waals surface area contributed by atoms with Crippen molar-refractivity contribution in [3.05, 3.63) is 44.1 Å². The number of ether oxygens (including phenoxy) is 6. The molecular formula is C34H45N5O13. The van der Waals surface area contributed by atoms with E-state index >= 15 is 0 Å². The Bertz CT molecular complexity index is 1900. The smallest absolute Gasteiger partial charge is 0.407 e. The van der Waals surface area contributed by atoms with E-state index in [0.29, 0.717) is 11.0 Å². The van der Waals surface area contributed by atoms with Gasteiger partial charge in [-0.25, -0.2) is 14.6 Å². The molecule has 1 aromatic carbocycles. The lowest BCUT2D eigenvalue weighted by atomic mass is 10.1. The van der Waals surface area contributed by atoms with Crippen molar-refractivity contribution in [2.24, 2.45) is 0 Å². The highest BCUT2D eigenvalue weighted by molar-refractivity contribution is 5.81. The summed E-state index contributed by atoms with van der Waals surface area (Å²) in [4.78, 5) is 96.3. The number of fused-ring (bicyclic) bond motifs is 2. The van der Waals surface area contributed by atoms with Gasteiger partial charge in [-0.15, -0.1) is 0 Å². The van der Waals surface area contributed by atoms with Gasteiger partial charge in [0.1, 0.15) is 12.2 Å². The molecule has 0 unspecified atom stereocenters. The maximum Gasteiger partial charge on any atom is 0.407 e. The lowest BCUT2D eigenvalue weighted by Gasteiger charge is -2.32. The quantitative estimate of drug-likeness (QED) is 0.101. The number of carbonyl (C=O) groups excluding carboxylic acids is 5. The first kappa shape index (κ1) is 41.0. The van der Waals surface area contributed by atoms with Gasteiger partial charge in [-0.1, -0.05) is 0 Å². The van der Waals surface area contributed by atoms with Crippen LogP contribution >= 0.6 is 0 Å². The lowest BCUT2D eigenvalue weighted by molar-refractivity contribution is -0.190. The molecule has 2 aliphatic rings. The molecule has 0 aromatic heterocycles. The van der Waals surface area contributed by atoms with Gasteiger partial charge in [0.15, 0.2) is 29.8 Å². The maximum absolute atomic E-state index is 13.8. The molecule has 1 aromatic rings. The first-order valence-corrected chi connectivity index (χ1v) is 16.4. The van der Waals surface area contributed by atoms with E-state index in [1.165, 1.54) is 4.57 Å². The normalized spacial score (nSPS) is 13.2. The number of benzene rings is 1. The SMILES string of the molecule is CC(=O)OC[C@H](OC(C)=O)[C@H](OC(C)=O)[C@@H](Cn1c2nc(=O)n(CCOCCNC(=O)OC(C)(C)C)c(=O)c-2nc2cc(C)c(C)cc21)OC(C)=O. The van der Waals surface area contributed by atoms with E-state index in [-0.39, 0.29) is 37.8 Å². The molecule has 3 atom stereocenters. The fourth-order valence-electron chi connectivity index (χ4n) is 5.10. The fourth-order valence-corrected chi connectivity index (χ4v) is 5.10. The predicted molar refractivity (Wildman–Crippen MR) is 183 cm³/mol. The van der Waals surface area contributed by atoms with Crippen molar-refractivity contribution in [3.63, 3.8) is 0 Å². The zero-order valence-corrected chi connectivity index (χ0v) is 30.7. The van der Waals surface area contributed by atoms with Crippen molar-refractivity contribution < 1.29 is 52.4 Å². The van der Waals surface area contributed by atoms with Crippen LogP contribution in [-0.2, 0) is 60.7 Å². The number of aromatic nitrogens is 4. The van der Waals surface area contributed by atoms with Gasteiger partial charge in [0.25, 0.3) is 5.56 Å². The average Bonchev–Trinajstić information content (AvgIpc) is 3.00. The molecular weight excluding hydrogens is 686 g/mol. The fraction of sp³-hybridized carbons (Fsp3) is 0.559. The minimum Gasteiger partial charge on any atom is -0.462 e. The number of alkyl carbamates (subject to hydrolysis) is 1. The Kier molecular flexibility index (Phi) is 14.0. The van der Waals surface area contributed by atoms with E-state index < -0.39 is 78.3 Å². The van der Waals surface area contributed by atoms with Gasteiger partial charge in [-0.3, -0.25) is 28.5 Å². The van der Waals surface area contributed by atoms with E-state index in [0.717, 1.165) is 43.4 Å². The number of esters is 4. The van der Waals surface area contributed by atoms with Crippen molar-refractivity contribution in [1.29, 1.82) is 0 Å². The first-order valence-electron chi connectivity index (χ1n) is 16.4. The van der Waals surface area contributed by atoms with Crippen LogP contribution in [-0.4, -0.2) is 99.4 Å². The molecule has 0 radical (unpaired) electrons. The van der Waals surface area contributed by atoms with Crippen LogP contribution in [0.15, 0.2) is 21.7 Å². The molecule has 3 rings (SSSR count). The van der Waals surface area contributed by atoms with Gasteiger partial charge in [0, 0.05) is 34.2 Å². The average molecular weight is 732 g/mol. The zero-order valence-electron chi connectivity index (χ0n) is 30.7. The third-order valence-electron chi connectivity index (χ3n) is 7.32. The first-order chi connectivity index (χ1) is 24.3. The highest BCUT2D eigenvalue weighted by atomic mass is 16.6. The summed E-state index contributed by atoms with van der Waals surface area (Å²) < 4.78 is 34.5. The second kappa shape index (κ2) is 17.7. The molecule has 0 saturated carbocycles. The van der Waals surface area contributed by atoms with Gasteiger partial charge in [0.2, 0.25) is 0 Å². The molecule has 0 saturated heterocycles. The van der Waals surface area contributed by atoms with Crippen molar-refractivity contribution in [3.8, 4) is 11.5 Å². The topological polar surface area (TPSA) is 223 Å². The standard InChI is InChI=1S/C34H45N5O13/c1-18-14-24-25(15-19(18)2)39(16-26(49-21(4)41)29(51-23(6)43)27(50-22(5)42)17-48-20(3)40)30-28(36-24)31(44)38(32(45)37-30)11-13-47-12-10-35-33(46)52-34(7,8)9/h14-15,26-27,29H,10-13,16-17H2,1-9H3,(H,35,46)/t26-,27+,29-/m1/s1. The number of carbonyl (C=O) groups is 5. The van der Waals surface area contributed by atoms with Crippen LogP contribution in [0.2, 0.25) is 0 Å². The molecule has 0 spiro atoms. The van der Waals surface area contributed by atoms with Crippen molar-refractivity contribution in [2.45, 2.75) is 99.3 Å². The number of nitrogens with one attached hydrogen (secondary N) is 1. The number of amides is 1. The molecule has 52 heavy (non-hydrogen) atoms. The summed E-state index contributed by atoms with van der Waals surface area (Å²) in [5.41, 5.74) is -0.244. The van der Waals surface area contributed by atoms with Gasteiger partial charge in [-0.2, -0.15) is 4.98 Å². The Balaban J connectivity index is 2.09. The molecule has 1 amide bonds. The Labute approximate surface area is 299 Å². The summed E-state index contributed by atoms with van der Waals surface area (Å²) in [6, 6.07) is 3.46. The van der Waals surface area contributed by atoms with E-state index in [2.05, 4.69) is 15.3 Å². The molecule has 284 valence electrons. The number of aryl methyl sites for hydroxylation is 2. The van der Waals surface area contributed by atoms with Crippen LogP contribution < -0.4 is 16.6 Å². The Morgan fingerprint density at radius 2 is 1.42 bits per heavy atom. The third kappa shape index (κ3) is 11.6. The van der Waals surface area contributed by atoms with Gasteiger partial charge in [-0.05, 0) is 57.9 Å². The van der Waals surface area contributed by atoms with Crippen molar-refractivity contribution >= 4 is 41.0 Å². The van der Waals surface area contributed by atoms with E-state index in [1.807, 2.05) is 13.8 Å². The largest absolute Gasteiger partial charge is 0.462 e. The monoisotopic (exact) mass is 731 g/mol. The number of rotatable bonds is 15. The van der Waals surface area contributed by atoms with Crippen molar-refractivity contribution in [1.82, 2.24) is 24.4 Å². The minimum absolute atomic E-state index is 0.0670. The Morgan fingerprint density at radius 3 is 2.02 bits per heavy atom. The Hall–Kier alpha value is -5.39. The maximum atomic E-state index is 13.8. The molecule has 0 aliphatic carbocycles. The second-order valence-corrected chi connectivity index (χ2v) is 12.9. The molecule has 0 bridgehead atoms. The second-order valence-electron chi connectivity index (χ2n) is 12.9.